The van der Waals surface area contributed by atoms with Crippen molar-refractivity contribution in [1.82, 2.24) is 9.80 Å². The molecule has 1 fully saturated rings. The number of anilines is 1. The van der Waals surface area contributed by atoms with E-state index in [-0.39, 0.29) is 11.7 Å². The summed E-state index contributed by atoms with van der Waals surface area (Å²) in [5.41, 5.74) is 0.307. The highest BCUT2D eigenvalue weighted by Gasteiger charge is 2.26. The first kappa shape index (κ1) is 16.9. The van der Waals surface area contributed by atoms with E-state index in [1.54, 1.807) is 18.2 Å². The van der Waals surface area contributed by atoms with E-state index in [2.05, 4.69) is 5.32 Å². The highest BCUT2D eigenvalue weighted by Crippen LogP contribution is 2.24. The highest BCUT2D eigenvalue weighted by atomic mass is 32.1. The number of piperidine rings is 1. The molecule has 1 aromatic carbocycles. The number of thiocarbonyl (C=S) groups is 1. The lowest BCUT2D eigenvalue weighted by atomic mass is 10.0. The van der Waals surface area contributed by atoms with Crippen molar-refractivity contribution in [2.24, 2.45) is 0 Å². The molecule has 2 N–H and O–H groups in total. The molecule has 0 atom stereocenters. The molecule has 124 valence electrons. The van der Waals surface area contributed by atoms with Gasteiger partial charge in [-0.05, 0) is 31.1 Å². The number of carboxylic acid groups (broad SMARTS) is 1. The Morgan fingerprint density at radius 3 is 2.61 bits per heavy atom. The number of hydrogen-bond acceptors (Lipinski definition) is 4. The number of rotatable bonds is 3. The van der Waals surface area contributed by atoms with Crippen molar-refractivity contribution in [2.45, 2.75) is 18.9 Å². The number of para-hydroxylation sites is 2. The maximum Gasteiger partial charge on any atom is 0.407 e. The molecule has 1 heterocycles. The summed E-state index contributed by atoms with van der Waals surface area (Å²) in [5, 5.41) is 23.3. The molecule has 0 aromatic heterocycles. The Morgan fingerprint density at radius 2 is 2.04 bits per heavy atom. The largest absolute Gasteiger partial charge is 0.465 e. The molecule has 0 spiro atoms. The molecule has 23 heavy (non-hydrogen) atoms. The van der Waals surface area contributed by atoms with E-state index in [1.807, 2.05) is 11.9 Å². The number of nitrogens with one attached hydrogen (secondary N) is 1. The minimum atomic E-state index is -0.910. The molecular formula is C14H18N4O4S. The van der Waals surface area contributed by atoms with Crippen molar-refractivity contribution in [3.63, 3.8) is 0 Å². The summed E-state index contributed by atoms with van der Waals surface area (Å²) in [6.07, 6.45) is 0.426. The van der Waals surface area contributed by atoms with Crippen molar-refractivity contribution < 1.29 is 14.8 Å². The number of hydrogen-bond donors (Lipinski definition) is 2. The first-order valence-corrected chi connectivity index (χ1v) is 7.56. The Labute approximate surface area is 138 Å². The number of amides is 1. The van der Waals surface area contributed by atoms with Crippen LogP contribution in [-0.4, -0.2) is 57.2 Å². The highest BCUT2D eigenvalue weighted by molar-refractivity contribution is 7.80. The van der Waals surface area contributed by atoms with E-state index in [4.69, 9.17) is 17.3 Å². The van der Waals surface area contributed by atoms with Gasteiger partial charge in [-0.2, -0.15) is 0 Å². The Balaban J connectivity index is 1.99. The van der Waals surface area contributed by atoms with Gasteiger partial charge in [-0.15, -0.1) is 0 Å². The number of benzene rings is 1. The van der Waals surface area contributed by atoms with Gasteiger partial charge in [0.15, 0.2) is 5.11 Å². The van der Waals surface area contributed by atoms with Crippen LogP contribution in [0.25, 0.3) is 0 Å². The van der Waals surface area contributed by atoms with Crippen molar-refractivity contribution in [3.8, 4) is 0 Å². The fraction of sp³-hybridized carbons (Fsp3) is 0.429. The molecule has 1 aliphatic heterocycles. The maximum atomic E-state index is 11.0. The zero-order chi connectivity index (χ0) is 17.0. The fourth-order valence-corrected chi connectivity index (χ4v) is 2.81. The Bertz CT molecular complexity index is 617. The lowest BCUT2D eigenvalue weighted by Crippen LogP contribution is -2.48. The SMILES string of the molecule is CN(C(=S)Nc1ccccc1[N+](=O)[O-])C1CCN(C(=O)O)CC1. The van der Waals surface area contributed by atoms with Gasteiger partial charge in [0.25, 0.3) is 5.69 Å². The number of carbonyl (C=O) groups is 1. The normalized spacial score (nSPS) is 15.1. The summed E-state index contributed by atoms with van der Waals surface area (Å²) in [6, 6.07) is 6.41. The van der Waals surface area contributed by atoms with Crippen LogP contribution in [0.5, 0.6) is 0 Å². The summed E-state index contributed by atoms with van der Waals surface area (Å²) in [5.74, 6) is 0. The molecule has 2 rings (SSSR count). The van der Waals surface area contributed by atoms with Gasteiger partial charge in [0, 0.05) is 32.2 Å². The van der Waals surface area contributed by atoms with Crippen LogP contribution in [0.2, 0.25) is 0 Å². The lowest BCUT2D eigenvalue weighted by molar-refractivity contribution is -0.383. The van der Waals surface area contributed by atoms with Gasteiger partial charge >= 0.3 is 6.09 Å². The second kappa shape index (κ2) is 7.23. The van der Waals surface area contributed by atoms with E-state index in [0.29, 0.717) is 36.7 Å². The van der Waals surface area contributed by atoms with Crippen molar-refractivity contribution in [2.75, 3.05) is 25.5 Å². The minimum absolute atomic E-state index is 0.0380. The third-order valence-electron chi connectivity index (χ3n) is 3.95. The molecule has 1 amide bonds. The van der Waals surface area contributed by atoms with Crippen molar-refractivity contribution in [3.05, 3.63) is 34.4 Å². The predicted molar refractivity (Wildman–Crippen MR) is 89.7 cm³/mol. The third-order valence-corrected chi connectivity index (χ3v) is 4.34. The number of nitro benzene ring substituents is 1. The van der Waals surface area contributed by atoms with Crippen LogP contribution < -0.4 is 5.32 Å². The van der Waals surface area contributed by atoms with E-state index in [0.717, 1.165) is 0 Å². The third kappa shape index (κ3) is 4.07. The average molecular weight is 338 g/mol. The molecule has 8 nitrogen and oxygen atoms in total. The Morgan fingerprint density at radius 1 is 1.43 bits per heavy atom. The monoisotopic (exact) mass is 338 g/mol. The summed E-state index contributed by atoms with van der Waals surface area (Å²) in [4.78, 5) is 24.7. The number of nitro groups is 1. The van der Waals surface area contributed by atoms with E-state index in [1.165, 1.54) is 11.0 Å². The first-order valence-electron chi connectivity index (χ1n) is 7.15. The van der Waals surface area contributed by atoms with Gasteiger partial charge in [-0.3, -0.25) is 10.1 Å². The van der Waals surface area contributed by atoms with E-state index < -0.39 is 11.0 Å². The van der Waals surface area contributed by atoms with Gasteiger partial charge in [0.1, 0.15) is 5.69 Å². The molecule has 0 radical (unpaired) electrons. The Kier molecular flexibility index (Phi) is 5.32. The van der Waals surface area contributed by atoms with Gasteiger partial charge in [-0.1, -0.05) is 12.1 Å². The molecule has 0 saturated carbocycles. The molecule has 9 heteroatoms. The molecule has 1 aromatic rings. The molecule has 0 unspecified atom stereocenters. The quantitative estimate of drug-likeness (QED) is 0.496. The van der Waals surface area contributed by atoms with E-state index in [9.17, 15) is 14.9 Å². The van der Waals surface area contributed by atoms with Gasteiger partial charge in [0.05, 0.1) is 4.92 Å². The summed E-state index contributed by atoms with van der Waals surface area (Å²) >= 11 is 5.33. The van der Waals surface area contributed by atoms with Crippen LogP contribution in [0.4, 0.5) is 16.2 Å². The molecule has 1 aliphatic rings. The smallest absolute Gasteiger partial charge is 0.407 e. The van der Waals surface area contributed by atoms with Crippen molar-refractivity contribution >= 4 is 34.8 Å². The van der Waals surface area contributed by atoms with Crippen LogP contribution in [0, 0.1) is 10.1 Å². The average Bonchev–Trinajstić information content (AvgIpc) is 2.54. The van der Waals surface area contributed by atoms with Crippen molar-refractivity contribution in [1.29, 1.82) is 0 Å². The standard InChI is InChI=1S/C14H18N4O4S/c1-16(10-6-8-17(9-7-10)14(19)20)13(23)15-11-4-2-3-5-12(11)18(21)22/h2-5,10H,6-9H2,1H3,(H,15,23)(H,19,20). The molecule has 0 aliphatic carbocycles. The molecule has 1 saturated heterocycles. The summed E-state index contributed by atoms with van der Waals surface area (Å²) in [7, 11) is 1.81. The second-order valence-corrected chi connectivity index (χ2v) is 5.70. The fourth-order valence-electron chi connectivity index (χ4n) is 2.55. The number of nitrogens with zero attached hydrogens (tertiary/aromatic N) is 3. The van der Waals surface area contributed by atoms with Crippen LogP contribution in [0.15, 0.2) is 24.3 Å². The minimum Gasteiger partial charge on any atom is -0.465 e. The van der Waals surface area contributed by atoms with Gasteiger partial charge < -0.3 is 20.2 Å². The van der Waals surface area contributed by atoms with Crippen LogP contribution in [0.3, 0.4) is 0 Å². The summed E-state index contributed by atoms with van der Waals surface area (Å²) in [6.45, 7) is 0.914. The molecule has 0 bridgehead atoms. The van der Waals surface area contributed by atoms with Gasteiger partial charge in [-0.25, -0.2) is 4.79 Å². The zero-order valence-electron chi connectivity index (χ0n) is 12.6. The molecular weight excluding hydrogens is 320 g/mol. The van der Waals surface area contributed by atoms with E-state index >= 15 is 0 Å². The topological polar surface area (TPSA) is 99.0 Å². The van der Waals surface area contributed by atoms with Crippen LogP contribution in [0.1, 0.15) is 12.8 Å². The Hall–Kier alpha value is -2.42. The first-order chi connectivity index (χ1) is 10.9. The lowest BCUT2D eigenvalue weighted by Gasteiger charge is -2.36. The number of likely N-dealkylation sites (tertiary alicyclic amines) is 1. The maximum absolute atomic E-state index is 11.0. The second-order valence-electron chi connectivity index (χ2n) is 5.32. The van der Waals surface area contributed by atoms with Crippen LogP contribution in [-0.2, 0) is 0 Å². The van der Waals surface area contributed by atoms with Gasteiger partial charge in [0.2, 0.25) is 0 Å². The van der Waals surface area contributed by atoms with Crippen LogP contribution >= 0.6 is 12.2 Å². The zero-order valence-corrected chi connectivity index (χ0v) is 13.5. The predicted octanol–water partition coefficient (Wildman–Crippen LogP) is 2.37. The summed E-state index contributed by atoms with van der Waals surface area (Å²) < 4.78 is 0.